The van der Waals surface area contributed by atoms with Gasteiger partial charge in [0.05, 0.1) is 6.20 Å². The number of benzene rings is 1. The van der Waals surface area contributed by atoms with Crippen LogP contribution in [-0.2, 0) is 13.2 Å². The second kappa shape index (κ2) is 5.56. The van der Waals surface area contributed by atoms with Crippen molar-refractivity contribution >= 4 is 5.97 Å². The quantitative estimate of drug-likeness (QED) is 0.897. The number of carbonyl (C=O) groups is 1. The molecule has 0 unspecified atom stereocenters. The van der Waals surface area contributed by atoms with Crippen molar-refractivity contribution in [1.82, 2.24) is 9.55 Å². The van der Waals surface area contributed by atoms with E-state index in [0.29, 0.717) is 12.4 Å². The lowest BCUT2D eigenvalue weighted by Gasteiger charge is -2.09. The molecule has 2 aromatic rings. The van der Waals surface area contributed by atoms with Gasteiger partial charge in [0.15, 0.2) is 0 Å². The largest absolute Gasteiger partial charge is 0.486 e. The van der Waals surface area contributed by atoms with E-state index in [4.69, 9.17) is 9.84 Å². The number of imidazole rings is 1. The summed E-state index contributed by atoms with van der Waals surface area (Å²) in [5.74, 6) is 0.379. The predicted molar refractivity (Wildman–Crippen MR) is 70.4 cm³/mol. The van der Waals surface area contributed by atoms with Crippen molar-refractivity contribution in [1.29, 1.82) is 0 Å². The van der Waals surface area contributed by atoms with Gasteiger partial charge in [-0.3, -0.25) is 0 Å². The molecule has 0 aliphatic rings. The molecule has 0 aliphatic carbocycles. The van der Waals surface area contributed by atoms with Gasteiger partial charge in [-0.25, -0.2) is 9.78 Å². The Kier molecular flexibility index (Phi) is 3.85. The molecule has 0 fully saturated rings. The van der Waals surface area contributed by atoms with E-state index in [9.17, 15) is 4.79 Å². The standard InChI is InChI=1S/C14H16N2O3/c1-3-16-12(14(17)18)8-15-13(16)9-19-11-6-4-10(2)5-7-11/h4-8H,3,9H2,1-2H3,(H,17,18). The highest BCUT2D eigenvalue weighted by Crippen LogP contribution is 2.14. The zero-order valence-electron chi connectivity index (χ0n) is 11.0. The molecule has 19 heavy (non-hydrogen) atoms. The van der Waals surface area contributed by atoms with Gasteiger partial charge in [0, 0.05) is 6.54 Å². The van der Waals surface area contributed by atoms with Crippen molar-refractivity contribution < 1.29 is 14.6 Å². The third-order valence-corrected chi connectivity index (χ3v) is 2.86. The van der Waals surface area contributed by atoms with Crippen LogP contribution in [0.15, 0.2) is 30.5 Å². The van der Waals surface area contributed by atoms with Crippen LogP contribution < -0.4 is 4.74 Å². The molecule has 0 atom stereocenters. The maximum Gasteiger partial charge on any atom is 0.354 e. The first kappa shape index (κ1) is 13.1. The van der Waals surface area contributed by atoms with E-state index < -0.39 is 5.97 Å². The Morgan fingerprint density at radius 3 is 2.63 bits per heavy atom. The van der Waals surface area contributed by atoms with Crippen LogP contribution in [0.5, 0.6) is 5.75 Å². The minimum absolute atomic E-state index is 0.185. The van der Waals surface area contributed by atoms with Gasteiger partial charge in [-0.15, -0.1) is 0 Å². The molecule has 0 saturated heterocycles. The predicted octanol–water partition coefficient (Wildman–Crippen LogP) is 2.49. The molecule has 5 nitrogen and oxygen atoms in total. The monoisotopic (exact) mass is 260 g/mol. The Hall–Kier alpha value is -2.30. The van der Waals surface area contributed by atoms with Crippen molar-refractivity contribution in [3.63, 3.8) is 0 Å². The Morgan fingerprint density at radius 1 is 1.37 bits per heavy atom. The third-order valence-electron chi connectivity index (χ3n) is 2.86. The maximum absolute atomic E-state index is 11.0. The van der Waals surface area contributed by atoms with Crippen molar-refractivity contribution in [3.05, 3.63) is 47.5 Å². The van der Waals surface area contributed by atoms with Crippen LogP contribution in [0, 0.1) is 6.92 Å². The van der Waals surface area contributed by atoms with Gasteiger partial charge in [-0.1, -0.05) is 17.7 Å². The number of hydrogen-bond acceptors (Lipinski definition) is 3. The van der Waals surface area contributed by atoms with Crippen molar-refractivity contribution in [3.8, 4) is 5.75 Å². The van der Waals surface area contributed by atoms with Crippen molar-refractivity contribution in [2.75, 3.05) is 0 Å². The lowest BCUT2D eigenvalue weighted by Crippen LogP contribution is -2.11. The number of aryl methyl sites for hydroxylation is 1. The molecule has 100 valence electrons. The topological polar surface area (TPSA) is 64.4 Å². The number of aromatic nitrogens is 2. The van der Waals surface area contributed by atoms with E-state index in [1.165, 1.54) is 6.20 Å². The van der Waals surface area contributed by atoms with Gasteiger partial charge in [0.1, 0.15) is 23.9 Å². The van der Waals surface area contributed by atoms with Gasteiger partial charge < -0.3 is 14.4 Å². The number of nitrogens with zero attached hydrogens (tertiary/aromatic N) is 2. The lowest BCUT2D eigenvalue weighted by atomic mass is 10.2. The van der Waals surface area contributed by atoms with Gasteiger partial charge in [0.25, 0.3) is 0 Å². The molecule has 1 aromatic carbocycles. The van der Waals surface area contributed by atoms with E-state index in [2.05, 4.69) is 4.98 Å². The Bertz CT molecular complexity index is 573. The first-order valence-electron chi connectivity index (χ1n) is 6.09. The zero-order valence-corrected chi connectivity index (χ0v) is 11.0. The third kappa shape index (κ3) is 2.93. The summed E-state index contributed by atoms with van der Waals surface area (Å²) in [5, 5.41) is 9.02. The van der Waals surface area contributed by atoms with Crippen LogP contribution in [0.3, 0.4) is 0 Å². The molecule has 0 radical (unpaired) electrons. The van der Waals surface area contributed by atoms with E-state index in [-0.39, 0.29) is 12.3 Å². The number of aromatic carboxylic acids is 1. The van der Waals surface area contributed by atoms with Crippen LogP contribution in [-0.4, -0.2) is 20.6 Å². The average molecular weight is 260 g/mol. The van der Waals surface area contributed by atoms with Crippen molar-refractivity contribution in [2.24, 2.45) is 0 Å². The average Bonchev–Trinajstić information content (AvgIpc) is 2.81. The van der Waals surface area contributed by atoms with E-state index >= 15 is 0 Å². The summed E-state index contributed by atoms with van der Waals surface area (Å²) in [6, 6.07) is 7.69. The molecule has 1 aromatic heterocycles. The Morgan fingerprint density at radius 2 is 2.05 bits per heavy atom. The Balaban J connectivity index is 2.11. The van der Waals surface area contributed by atoms with E-state index in [1.807, 2.05) is 38.1 Å². The summed E-state index contributed by atoms with van der Waals surface area (Å²) in [6.45, 7) is 4.69. The van der Waals surface area contributed by atoms with Crippen LogP contribution in [0.25, 0.3) is 0 Å². The Labute approximate surface area is 111 Å². The van der Waals surface area contributed by atoms with Gasteiger partial charge in [0.2, 0.25) is 0 Å². The molecule has 1 heterocycles. The summed E-state index contributed by atoms with van der Waals surface area (Å²) in [4.78, 5) is 15.1. The molecule has 0 amide bonds. The lowest BCUT2D eigenvalue weighted by molar-refractivity contribution is 0.0684. The summed E-state index contributed by atoms with van der Waals surface area (Å²) in [6.07, 6.45) is 1.36. The first-order chi connectivity index (χ1) is 9.11. The summed E-state index contributed by atoms with van der Waals surface area (Å²) in [7, 11) is 0. The minimum Gasteiger partial charge on any atom is -0.486 e. The highest BCUT2D eigenvalue weighted by molar-refractivity contribution is 5.85. The normalized spacial score (nSPS) is 10.4. The first-order valence-corrected chi connectivity index (χ1v) is 6.09. The molecule has 2 rings (SSSR count). The molecular formula is C14H16N2O3. The molecule has 1 N–H and O–H groups in total. The van der Waals surface area contributed by atoms with Crippen LogP contribution in [0.4, 0.5) is 0 Å². The molecule has 5 heteroatoms. The van der Waals surface area contributed by atoms with Gasteiger partial charge in [-0.2, -0.15) is 0 Å². The highest BCUT2D eigenvalue weighted by atomic mass is 16.5. The van der Waals surface area contributed by atoms with Crippen LogP contribution in [0.1, 0.15) is 28.8 Å². The zero-order chi connectivity index (χ0) is 13.8. The number of carboxylic acids is 1. The number of ether oxygens (including phenoxy) is 1. The maximum atomic E-state index is 11.0. The summed E-state index contributed by atoms with van der Waals surface area (Å²) >= 11 is 0. The smallest absolute Gasteiger partial charge is 0.354 e. The molecular weight excluding hydrogens is 244 g/mol. The van der Waals surface area contributed by atoms with Gasteiger partial charge in [-0.05, 0) is 26.0 Å². The fourth-order valence-corrected chi connectivity index (χ4v) is 1.84. The summed E-state index contributed by atoms with van der Waals surface area (Å²) < 4.78 is 7.24. The minimum atomic E-state index is -0.976. The van der Waals surface area contributed by atoms with E-state index in [0.717, 1.165) is 11.3 Å². The van der Waals surface area contributed by atoms with Crippen LogP contribution >= 0.6 is 0 Å². The van der Waals surface area contributed by atoms with E-state index in [1.54, 1.807) is 4.57 Å². The highest BCUT2D eigenvalue weighted by Gasteiger charge is 2.14. The fraction of sp³-hybridized carbons (Fsp3) is 0.286. The van der Waals surface area contributed by atoms with Gasteiger partial charge >= 0.3 is 5.97 Å². The summed E-state index contributed by atoms with van der Waals surface area (Å²) in [5.41, 5.74) is 1.35. The second-order valence-electron chi connectivity index (χ2n) is 4.21. The molecule has 0 bridgehead atoms. The number of hydrogen-bond donors (Lipinski definition) is 1. The van der Waals surface area contributed by atoms with Crippen molar-refractivity contribution in [2.45, 2.75) is 27.0 Å². The number of rotatable bonds is 5. The number of carboxylic acid groups (broad SMARTS) is 1. The SMILES string of the molecule is CCn1c(C(=O)O)cnc1COc1ccc(C)cc1. The van der Waals surface area contributed by atoms with Crippen LogP contribution in [0.2, 0.25) is 0 Å². The molecule has 0 saturated carbocycles. The second-order valence-corrected chi connectivity index (χ2v) is 4.21. The molecule has 0 aliphatic heterocycles. The molecule has 0 spiro atoms. The fourth-order valence-electron chi connectivity index (χ4n) is 1.84.